The molecule has 0 aromatic heterocycles. The largest absolute Gasteiger partial charge is 0.497 e. The summed E-state index contributed by atoms with van der Waals surface area (Å²) in [7, 11) is 3.05. The Kier molecular flexibility index (Phi) is 5.19. The number of halogens is 1. The maximum Gasteiger partial charge on any atom is 0.262 e. The summed E-state index contributed by atoms with van der Waals surface area (Å²) in [6.45, 7) is -0.189. The second kappa shape index (κ2) is 7.31. The Morgan fingerprint density at radius 1 is 1.00 bits per heavy atom. The quantitative estimate of drug-likeness (QED) is 0.891. The van der Waals surface area contributed by atoms with Gasteiger partial charge in [0.1, 0.15) is 23.1 Å². The van der Waals surface area contributed by atoms with Crippen LogP contribution < -0.4 is 19.5 Å². The Hall–Kier alpha value is -2.76. The number of hydrogen-bond donors (Lipinski definition) is 1. The van der Waals surface area contributed by atoms with Gasteiger partial charge in [-0.15, -0.1) is 0 Å². The summed E-state index contributed by atoms with van der Waals surface area (Å²) in [6.07, 6.45) is 0. The zero-order chi connectivity index (χ0) is 15.9. The summed E-state index contributed by atoms with van der Waals surface area (Å²) in [5.74, 6) is 0.836. The standard InChI is InChI=1S/C16H16FNO4/c1-20-14-7-12(8-15(9-14)21-2)18-16(19)10-22-13-5-3-11(17)4-6-13/h3-9H,10H2,1-2H3,(H,18,19). The first-order valence-electron chi connectivity index (χ1n) is 6.52. The van der Waals surface area contributed by atoms with Crippen molar-refractivity contribution in [1.29, 1.82) is 0 Å². The number of nitrogens with one attached hydrogen (secondary N) is 1. The first-order chi connectivity index (χ1) is 10.6. The van der Waals surface area contributed by atoms with Gasteiger partial charge in [0.15, 0.2) is 6.61 Å². The molecule has 22 heavy (non-hydrogen) atoms. The van der Waals surface area contributed by atoms with Crippen molar-refractivity contribution >= 4 is 11.6 Å². The number of benzene rings is 2. The van der Waals surface area contributed by atoms with E-state index in [9.17, 15) is 9.18 Å². The van der Waals surface area contributed by atoms with Gasteiger partial charge in [-0.25, -0.2) is 4.39 Å². The van der Waals surface area contributed by atoms with Crippen LogP contribution in [-0.2, 0) is 4.79 Å². The van der Waals surface area contributed by atoms with E-state index in [0.29, 0.717) is 22.9 Å². The van der Waals surface area contributed by atoms with Gasteiger partial charge in [-0.05, 0) is 24.3 Å². The molecule has 6 heteroatoms. The Labute approximate surface area is 127 Å². The highest BCUT2D eigenvalue weighted by molar-refractivity contribution is 5.92. The Morgan fingerprint density at radius 2 is 1.59 bits per heavy atom. The predicted molar refractivity (Wildman–Crippen MR) is 80.1 cm³/mol. The summed E-state index contributed by atoms with van der Waals surface area (Å²) in [5, 5.41) is 2.67. The van der Waals surface area contributed by atoms with Gasteiger partial charge in [-0.1, -0.05) is 0 Å². The van der Waals surface area contributed by atoms with Crippen LogP contribution in [0.5, 0.6) is 17.2 Å². The lowest BCUT2D eigenvalue weighted by Crippen LogP contribution is -2.20. The van der Waals surface area contributed by atoms with E-state index in [0.717, 1.165) is 0 Å². The minimum Gasteiger partial charge on any atom is -0.497 e. The van der Waals surface area contributed by atoms with Crippen molar-refractivity contribution < 1.29 is 23.4 Å². The molecule has 0 aliphatic heterocycles. The van der Waals surface area contributed by atoms with Crippen molar-refractivity contribution in [3.63, 3.8) is 0 Å². The number of carbonyl (C=O) groups is 1. The zero-order valence-corrected chi connectivity index (χ0v) is 12.3. The fraction of sp³-hybridized carbons (Fsp3) is 0.188. The Balaban J connectivity index is 1.95. The fourth-order valence-corrected chi connectivity index (χ4v) is 1.76. The van der Waals surface area contributed by atoms with Crippen molar-refractivity contribution in [3.05, 3.63) is 48.3 Å². The third-order valence-electron chi connectivity index (χ3n) is 2.82. The summed E-state index contributed by atoms with van der Waals surface area (Å²) in [6, 6.07) is 10.5. The van der Waals surface area contributed by atoms with Crippen LogP contribution in [0.4, 0.5) is 10.1 Å². The van der Waals surface area contributed by atoms with E-state index in [1.807, 2.05) is 0 Å². The van der Waals surface area contributed by atoms with Gasteiger partial charge >= 0.3 is 0 Å². The molecule has 0 aliphatic rings. The molecule has 0 aliphatic carbocycles. The van der Waals surface area contributed by atoms with Crippen LogP contribution in [0.25, 0.3) is 0 Å². The number of amides is 1. The van der Waals surface area contributed by atoms with Gasteiger partial charge in [-0.3, -0.25) is 4.79 Å². The fourth-order valence-electron chi connectivity index (χ4n) is 1.76. The van der Waals surface area contributed by atoms with Crippen LogP contribution in [0.15, 0.2) is 42.5 Å². The number of methoxy groups -OCH3 is 2. The molecule has 0 atom stereocenters. The first kappa shape index (κ1) is 15.6. The Morgan fingerprint density at radius 3 is 2.14 bits per heavy atom. The highest BCUT2D eigenvalue weighted by atomic mass is 19.1. The molecular formula is C16H16FNO4. The van der Waals surface area contributed by atoms with E-state index in [2.05, 4.69) is 5.32 Å². The van der Waals surface area contributed by atoms with Gasteiger partial charge in [0.25, 0.3) is 5.91 Å². The monoisotopic (exact) mass is 305 g/mol. The van der Waals surface area contributed by atoms with Gasteiger partial charge in [0.2, 0.25) is 0 Å². The highest BCUT2D eigenvalue weighted by Crippen LogP contribution is 2.25. The smallest absolute Gasteiger partial charge is 0.262 e. The van der Waals surface area contributed by atoms with E-state index >= 15 is 0 Å². The minimum absolute atomic E-state index is 0.189. The third-order valence-corrected chi connectivity index (χ3v) is 2.82. The van der Waals surface area contributed by atoms with Crippen LogP contribution in [0.2, 0.25) is 0 Å². The minimum atomic E-state index is -0.361. The average molecular weight is 305 g/mol. The SMILES string of the molecule is COc1cc(NC(=O)COc2ccc(F)cc2)cc(OC)c1. The van der Waals surface area contributed by atoms with Crippen LogP contribution in [0.1, 0.15) is 0 Å². The number of rotatable bonds is 6. The lowest BCUT2D eigenvalue weighted by Gasteiger charge is -2.10. The maximum atomic E-state index is 12.8. The van der Waals surface area contributed by atoms with Gasteiger partial charge in [-0.2, -0.15) is 0 Å². The molecular weight excluding hydrogens is 289 g/mol. The second-order valence-electron chi connectivity index (χ2n) is 4.39. The summed E-state index contributed by atoms with van der Waals surface area (Å²) >= 11 is 0. The van der Waals surface area contributed by atoms with Gasteiger partial charge in [0, 0.05) is 23.9 Å². The molecule has 0 spiro atoms. The molecule has 0 heterocycles. The molecule has 1 N–H and O–H groups in total. The number of anilines is 1. The molecule has 0 bridgehead atoms. The molecule has 5 nitrogen and oxygen atoms in total. The molecule has 2 aromatic rings. The number of hydrogen-bond acceptors (Lipinski definition) is 4. The summed E-state index contributed by atoms with van der Waals surface area (Å²) < 4.78 is 28.3. The van der Waals surface area contributed by atoms with E-state index in [4.69, 9.17) is 14.2 Å². The van der Waals surface area contributed by atoms with Crippen molar-refractivity contribution in [3.8, 4) is 17.2 Å². The molecule has 0 fully saturated rings. The molecule has 1 amide bonds. The Bertz CT molecular complexity index is 621. The van der Waals surface area contributed by atoms with Crippen molar-refractivity contribution in [1.82, 2.24) is 0 Å². The van der Waals surface area contributed by atoms with Crippen molar-refractivity contribution in [2.45, 2.75) is 0 Å². The lowest BCUT2D eigenvalue weighted by atomic mass is 10.2. The zero-order valence-electron chi connectivity index (χ0n) is 12.3. The van der Waals surface area contributed by atoms with Crippen LogP contribution >= 0.6 is 0 Å². The summed E-state index contributed by atoms with van der Waals surface area (Å²) in [5.41, 5.74) is 0.531. The molecule has 116 valence electrons. The molecule has 2 aromatic carbocycles. The topological polar surface area (TPSA) is 56.8 Å². The van der Waals surface area contributed by atoms with E-state index < -0.39 is 0 Å². The molecule has 0 radical (unpaired) electrons. The van der Waals surface area contributed by atoms with E-state index in [1.165, 1.54) is 38.5 Å². The molecule has 0 saturated heterocycles. The predicted octanol–water partition coefficient (Wildman–Crippen LogP) is 2.86. The van der Waals surface area contributed by atoms with Gasteiger partial charge < -0.3 is 19.5 Å². The lowest BCUT2D eigenvalue weighted by molar-refractivity contribution is -0.118. The number of carbonyl (C=O) groups excluding carboxylic acids is 1. The highest BCUT2D eigenvalue weighted by Gasteiger charge is 2.07. The van der Waals surface area contributed by atoms with Crippen LogP contribution in [-0.4, -0.2) is 26.7 Å². The molecule has 0 unspecified atom stereocenters. The average Bonchev–Trinajstić information content (AvgIpc) is 2.54. The second-order valence-corrected chi connectivity index (χ2v) is 4.39. The normalized spacial score (nSPS) is 9.95. The summed E-state index contributed by atoms with van der Waals surface area (Å²) in [4.78, 5) is 11.9. The van der Waals surface area contributed by atoms with Crippen LogP contribution in [0.3, 0.4) is 0 Å². The molecule has 2 rings (SSSR count). The van der Waals surface area contributed by atoms with E-state index in [1.54, 1.807) is 18.2 Å². The van der Waals surface area contributed by atoms with Crippen molar-refractivity contribution in [2.75, 3.05) is 26.1 Å². The van der Waals surface area contributed by atoms with E-state index in [-0.39, 0.29) is 18.3 Å². The molecule has 0 saturated carbocycles. The van der Waals surface area contributed by atoms with Gasteiger partial charge in [0.05, 0.1) is 14.2 Å². The maximum absolute atomic E-state index is 12.8. The van der Waals surface area contributed by atoms with Crippen LogP contribution in [0, 0.1) is 5.82 Å². The number of ether oxygens (including phenoxy) is 3. The van der Waals surface area contributed by atoms with Crippen molar-refractivity contribution in [2.24, 2.45) is 0 Å². The third kappa shape index (κ3) is 4.37. The first-order valence-corrected chi connectivity index (χ1v) is 6.52.